The molecule has 20 heavy (non-hydrogen) atoms. The number of hydrogen-bond acceptors (Lipinski definition) is 4. The number of aryl methyl sites for hydroxylation is 3. The summed E-state index contributed by atoms with van der Waals surface area (Å²) in [6, 6.07) is 4.12. The lowest BCUT2D eigenvalue weighted by molar-refractivity contribution is -0.109. The van der Waals surface area contributed by atoms with E-state index < -0.39 is 12.2 Å². The summed E-state index contributed by atoms with van der Waals surface area (Å²) in [5.41, 5.74) is 4.14. The predicted molar refractivity (Wildman–Crippen MR) is 84.0 cm³/mol. The standard InChI is InChI=1S/C16H24O3S/c1-5-12-7-10(3)8-13(6-2)15(12)16(19)14(18)9-20-11(4)17/h7-8,14,16,18-19H,5-6,9H2,1-4H3. The number of aliphatic hydroxyl groups is 2. The van der Waals surface area contributed by atoms with Crippen LogP contribution in [0, 0.1) is 6.92 Å². The lowest BCUT2D eigenvalue weighted by Gasteiger charge is -2.23. The molecule has 1 aromatic carbocycles. The average Bonchev–Trinajstić information content (AvgIpc) is 2.42. The third-order valence-electron chi connectivity index (χ3n) is 3.38. The van der Waals surface area contributed by atoms with E-state index in [2.05, 4.69) is 12.1 Å². The SMILES string of the molecule is CCc1cc(C)cc(CC)c1C(O)C(O)CSC(C)=O. The Morgan fingerprint density at radius 2 is 1.70 bits per heavy atom. The Hall–Kier alpha value is -0.840. The maximum atomic E-state index is 11.0. The highest BCUT2D eigenvalue weighted by atomic mass is 32.2. The van der Waals surface area contributed by atoms with Gasteiger partial charge in [0.2, 0.25) is 0 Å². The van der Waals surface area contributed by atoms with Crippen molar-refractivity contribution in [2.45, 2.75) is 52.7 Å². The fourth-order valence-electron chi connectivity index (χ4n) is 2.40. The van der Waals surface area contributed by atoms with E-state index >= 15 is 0 Å². The molecule has 0 heterocycles. The molecule has 4 heteroatoms. The van der Waals surface area contributed by atoms with Gasteiger partial charge in [0, 0.05) is 12.7 Å². The molecule has 112 valence electrons. The third-order valence-corrected chi connectivity index (χ3v) is 4.29. The summed E-state index contributed by atoms with van der Waals surface area (Å²) in [7, 11) is 0. The number of benzene rings is 1. The fraction of sp³-hybridized carbons (Fsp3) is 0.562. The molecule has 0 fully saturated rings. The first-order valence-electron chi connectivity index (χ1n) is 7.02. The van der Waals surface area contributed by atoms with Crippen molar-refractivity contribution >= 4 is 16.9 Å². The predicted octanol–water partition coefficient (Wildman–Crippen LogP) is 2.79. The van der Waals surface area contributed by atoms with Crippen LogP contribution in [0.4, 0.5) is 0 Å². The number of thioether (sulfide) groups is 1. The van der Waals surface area contributed by atoms with Crippen LogP contribution in [0.15, 0.2) is 12.1 Å². The van der Waals surface area contributed by atoms with Crippen LogP contribution in [-0.4, -0.2) is 27.2 Å². The zero-order valence-corrected chi connectivity index (χ0v) is 13.5. The van der Waals surface area contributed by atoms with Crippen LogP contribution >= 0.6 is 11.8 Å². The molecule has 2 atom stereocenters. The van der Waals surface area contributed by atoms with E-state index in [4.69, 9.17) is 0 Å². The Morgan fingerprint density at radius 1 is 1.20 bits per heavy atom. The normalized spacial score (nSPS) is 14.1. The van der Waals surface area contributed by atoms with Gasteiger partial charge in [0.05, 0.1) is 6.10 Å². The number of carbonyl (C=O) groups is 1. The molecule has 3 nitrogen and oxygen atoms in total. The lowest BCUT2D eigenvalue weighted by Crippen LogP contribution is -2.23. The van der Waals surface area contributed by atoms with Gasteiger partial charge in [-0.2, -0.15) is 0 Å². The number of rotatable bonds is 6. The van der Waals surface area contributed by atoms with E-state index in [1.54, 1.807) is 0 Å². The van der Waals surface area contributed by atoms with Crippen molar-refractivity contribution in [3.8, 4) is 0 Å². The fourth-order valence-corrected chi connectivity index (χ4v) is 2.99. The van der Waals surface area contributed by atoms with E-state index in [1.165, 1.54) is 12.5 Å². The van der Waals surface area contributed by atoms with Gasteiger partial charge in [-0.1, -0.05) is 43.3 Å². The monoisotopic (exact) mass is 296 g/mol. The maximum Gasteiger partial charge on any atom is 0.185 e. The van der Waals surface area contributed by atoms with E-state index in [-0.39, 0.29) is 10.9 Å². The van der Waals surface area contributed by atoms with Crippen LogP contribution in [0.5, 0.6) is 0 Å². The first kappa shape index (κ1) is 17.2. The summed E-state index contributed by atoms with van der Waals surface area (Å²) < 4.78 is 0. The Morgan fingerprint density at radius 3 is 2.10 bits per heavy atom. The molecule has 0 saturated carbocycles. The van der Waals surface area contributed by atoms with Crippen molar-refractivity contribution in [2.24, 2.45) is 0 Å². The Balaban J connectivity index is 3.06. The second-order valence-electron chi connectivity index (χ2n) is 5.02. The second kappa shape index (κ2) is 7.81. The van der Waals surface area contributed by atoms with Gasteiger partial charge in [0.25, 0.3) is 0 Å². The lowest BCUT2D eigenvalue weighted by atomic mass is 9.89. The van der Waals surface area contributed by atoms with Crippen molar-refractivity contribution < 1.29 is 15.0 Å². The first-order valence-corrected chi connectivity index (χ1v) is 8.01. The third kappa shape index (κ3) is 4.33. The van der Waals surface area contributed by atoms with E-state index in [9.17, 15) is 15.0 Å². The van der Waals surface area contributed by atoms with Gasteiger partial charge < -0.3 is 10.2 Å². The van der Waals surface area contributed by atoms with E-state index in [0.717, 1.165) is 41.3 Å². The minimum Gasteiger partial charge on any atom is -0.389 e. The van der Waals surface area contributed by atoms with Crippen LogP contribution in [-0.2, 0) is 17.6 Å². The summed E-state index contributed by atoms with van der Waals surface area (Å²) >= 11 is 1.04. The number of carbonyl (C=O) groups excluding carboxylic acids is 1. The van der Waals surface area contributed by atoms with Crippen molar-refractivity contribution in [3.05, 3.63) is 34.4 Å². The minimum absolute atomic E-state index is 0.0495. The van der Waals surface area contributed by atoms with E-state index in [1.807, 2.05) is 20.8 Å². The Bertz CT molecular complexity index is 446. The van der Waals surface area contributed by atoms with Gasteiger partial charge in [-0.05, 0) is 36.5 Å². The molecule has 0 spiro atoms. The summed E-state index contributed by atoms with van der Waals surface area (Å²) in [6.07, 6.45) is -0.240. The van der Waals surface area contributed by atoms with E-state index in [0.29, 0.717) is 0 Å². The number of hydrogen-bond donors (Lipinski definition) is 2. The largest absolute Gasteiger partial charge is 0.389 e. The quantitative estimate of drug-likeness (QED) is 0.847. The molecule has 2 unspecified atom stereocenters. The summed E-state index contributed by atoms with van der Waals surface area (Å²) in [6.45, 7) is 7.59. The van der Waals surface area contributed by atoms with Crippen LogP contribution < -0.4 is 0 Å². The van der Waals surface area contributed by atoms with Gasteiger partial charge in [-0.25, -0.2) is 0 Å². The van der Waals surface area contributed by atoms with Crippen molar-refractivity contribution in [1.29, 1.82) is 0 Å². The molecule has 0 aliphatic rings. The number of aliphatic hydroxyl groups excluding tert-OH is 2. The van der Waals surface area contributed by atoms with Gasteiger partial charge in [0.1, 0.15) is 6.10 Å². The molecule has 0 saturated heterocycles. The highest BCUT2D eigenvalue weighted by molar-refractivity contribution is 8.13. The van der Waals surface area contributed by atoms with Crippen LogP contribution in [0.25, 0.3) is 0 Å². The van der Waals surface area contributed by atoms with Crippen LogP contribution in [0.3, 0.4) is 0 Å². The molecule has 0 amide bonds. The van der Waals surface area contributed by atoms with Gasteiger partial charge in [-0.3, -0.25) is 4.79 Å². The molecule has 0 radical (unpaired) electrons. The van der Waals surface area contributed by atoms with Crippen molar-refractivity contribution in [1.82, 2.24) is 0 Å². The van der Waals surface area contributed by atoms with Crippen molar-refractivity contribution in [3.63, 3.8) is 0 Å². The molecule has 2 N–H and O–H groups in total. The van der Waals surface area contributed by atoms with Gasteiger partial charge >= 0.3 is 0 Å². The molecular formula is C16H24O3S. The highest BCUT2D eigenvalue weighted by Crippen LogP contribution is 2.29. The highest BCUT2D eigenvalue weighted by Gasteiger charge is 2.23. The minimum atomic E-state index is -0.938. The van der Waals surface area contributed by atoms with Gasteiger partial charge in [-0.15, -0.1) is 0 Å². The van der Waals surface area contributed by atoms with Gasteiger partial charge in [0.15, 0.2) is 5.12 Å². The van der Waals surface area contributed by atoms with Crippen LogP contribution in [0.2, 0.25) is 0 Å². The topological polar surface area (TPSA) is 57.5 Å². The Kier molecular flexibility index (Phi) is 6.72. The molecule has 1 rings (SSSR count). The Labute approximate surface area is 125 Å². The first-order chi connectivity index (χ1) is 9.40. The maximum absolute atomic E-state index is 11.0. The second-order valence-corrected chi connectivity index (χ2v) is 6.22. The molecule has 0 aliphatic heterocycles. The summed E-state index contributed by atoms with van der Waals surface area (Å²) in [5.74, 6) is 0.219. The molecular weight excluding hydrogens is 272 g/mol. The summed E-state index contributed by atoms with van der Waals surface area (Å²) in [4.78, 5) is 11.0. The molecule has 0 aliphatic carbocycles. The summed E-state index contributed by atoms with van der Waals surface area (Å²) in [5, 5.41) is 20.5. The average molecular weight is 296 g/mol. The smallest absolute Gasteiger partial charge is 0.185 e. The zero-order valence-electron chi connectivity index (χ0n) is 12.6. The van der Waals surface area contributed by atoms with Crippen LogP contribution in [0.1, 0.15) is 49.1 Å². The van der Waals surface area contributed by atoms with Crippen molar-refractivity contribution in [2.75, 3.05) is 5.75 Å². The zero-order chi connectivity index (χ0) is 15.3. The molecule has 0 bridgehead atoms. The molecule has 1 aromatic rings. The molecule has 0 aromatic heterocycles.